The van der Waals surface area contributed by atoms with E-state index >= 15 is 0 Å². The lowest BCUT2D eigenvalue weighted by molar-refractivity contribution is 0.0298. The summed E-state index contributed by atoms with van der Waals surface area (Å²) in [5, 5.41) is 0. The maximum atomic E-state index is 14.0. The van der Waals surface area contributed by atoms with Crippen LogP contribution in [-0.4, -0.2) is 17.0 Å². The van der Waals surface area contributed by atoms with Gasteiger partial charge in [0.1, 0.15) is 11.6 Å². The topological polar surface area (TPSA) is 39.9 Å². The fourth-order valence-corrected chi connectivity index (χ4v) is 3.43. The second kappa shape index (κ2) is 9.18. The Kier molecular flexibility index (Phi) is 6.64. The van der Waals surface area contributed by atoms with E-state index in [4.69, 9.17) is 9.47 Å². The van der Waals surface area contributed by atoms with E-state index in [1.165, 1.54) is 18.2 Å². The van der Waals surface area contributed by atoms with Crippen molar-refractivity contribution in [2.75, 3.05) is 6.61 Å². The summed E-state index contributed by atoms with van der Waals surface area (Å²) >= 11 is 0. The molecule has 154 valence electrons. The summed E-state index contributed by atoms with van der Waals surface area (Å²) in [6.07, 6.45) is 2.73. The number of ether oxygens (including phenoxy) is 2. The van der Waals surface area contributed by atoms with Gasteiger partial charge in [0, 0.05) is 17.3 Å². The first-order valence-corrected chi connectivity index (χ1v) is 9.80. The molecule has 0 saturated carbocycles. The predicted octanol–water partition coefficient (Wildman–Crippen LogP) is 5.76. The van der Waals surface area contributed by atoms with Gasteiger partial charge in [-0.2, -0.15) is 0 Å². The maximum absolute atomic E-state index is 14.0. The Morgan fingerprint density at radius 1 is 1.14 bits per heavy atom. The second-order valence-corrected chi connectivity index (χ2v) is 6.92. The van der Waals surface area contributed by atoms with Crippen molar-refractivity contribution in [3.63, 3.8) is 0 Å². The van der Waals surface area contributed by atoms with Gasteiger partial charge < -0.3 is 13.9 Å². The molecule has 4 nitrogen and oxygen atoms in total. The molecule has 2 heterocycles. The number of benzene rings is 1. The van der Waals surface area contributed by atoms with Crippen molar-refractivity contribution in [2.24, 2.45) is 0 Å². The summed E-state index contributed by atoms with van der Waals surface area (Å²) < 4.78 is 41.2. The third-order valence-corrected chi connectivity index (χ3v) is 4.94. The first kappa shape index (κ1) is 21.0. The van der Waals surface area contributed by atoms with Crippen LogP contribution in [0, 0.1) is 18.6 Å². The highest BCUT2D eigenvalue weighted by Crippen LogP contribution is 2.30. The van der Waals surface area contributed by atoms with Crippen LogP contribution >= 0.6 is 0 Å². The first-order chi connectivity index (χ1) is 14.0. The molecule has 1 aromatic carbocycles. The van der Waals surface area contributed by atoms with Crippen LogP contribution in [-0.2, 0) is 16.1 Å². The number of hydrogen-bond acceptors (Lipinski definition) is 3. The van der Waals surface area contributed by atoms with Crippen LogP contribution in [0.1, 0.15) is 60.0 Å². The van der Waals surface area contributed by atoms with Crippen molar-refractivity contribution in [3.8, 4) is 0 Å². The normalized spacial score (nSPS) is 12.3. The van der Waals surface area contributed by atoms with Gasteiger partial charge in [-0.3, -0.25) is 0 Å². The third-order valence-electron chi connectivity index (χ3n) is 4.94. The van der Waals surface area contributed by atoms with Crippen LogP contribution in [0.5, 0.6) is 0 Å². The lowest BCUT2D eigenvalue weighted by Crippen LogP contribution is -2.16. The molecule has 1 unspecified atom stereocenters. The minimum Gasteiger partial charge on any atom is -0.462 e. The molecule has 0 amide bonds. The number of carbonyl (C=O) groups excluding carboxylic acids is 1. The Bertz CT molecular complexity index is 993. The zero-order valence-electron chi connectivity index (χ0n) is 16.9. The number of pyridine rings is 1. The lowest BCUT2D eigenvalue weighted by Gasteiger charge is -2.22. The van der Waals surface area contributed by atoms with Crippen LogP contribution < -0.4 is 0 Å². The number of nitrogens with zero attached hydrogens (tertiary/aromatic N) is 1. The number of halogens is 2. The summed E-state index contributed by atoms with van der Waals surface area (Å²) in [6, 6.07) is 9.31. The molecule has 2 aromatic heterocycles. The van der Waals surface area contributed by atoms with Crippen molar-refractivity contribution < 1.29 is 23.0 Å². The largest absolute Gasteiger partial charge is 0.462 e. The van der Waals surface area contributed by atoms with Crippen LogP contribution in [0.3, 0.4) is 0 Å². The molecule has 1 atom stereocenters. The minimum atomic E-state index is -0.639. The van der Waals surface area contributed by atoms with Crippen molar-refractivity contribution in [1.82, 2.24) is 4.40 Å². The molecule has 29 heavy (non-hydrogen) atoms. The zero-order valence-corrected chi connectivity index (χ0v) is 16.9. The van der Waals surface area contributed by atoms with E-state index in [9.17, 15) is 13.6 Å². The fraction of sp³-hybridized carbons (Fsp3) is 0.348. The van der Waals surface area contributed by atoms with Crippen molar-refractivity contribution in [2.45, 2.75) is 46.3 Å². The Hall–Kier alpha value is -2.73. The van der Waals surface area contributed by atoms with E-state index in [0.29, 0.717) is 18.6 Å². The van der Waals surface area contributed by atoms with Gasteiger partial charge in [-0.1, -0.05) is 19.9 Å². The molecule has 0 radical (unpaired) electrons. The van der Waals surface area contributed by atoms with Crippen LogP contribution in [0.25, 0.3) is 5.52 Å². The summed E-state index contributed by atoms with van der Waals surface area (Å²) in [5.74, 6) is -1.66. The molecule has 0 fully saturated rings. The van der Waals surface area contributed by atoms with Crippen LogP contribution in [0.15, 0.2) is 42.6 Å². The van der Waals surface area contributed by atoms with Crippen LogP contribution in [0.2, 0.25) is 0 Å². The molecule has 0 saturated heterocycles. The summed E-state index contributed by atoms with van der Waals surface area (Å²) in [4.78, 5) is 12.6. The van der Waals surface area contributed by atoms with E-state index in [1.807, 2.05) is 43.5 Å². The molecule has 3 rings (SSSR count). The summed E-state index contributed by atoms with van der Waals surface area (Å²) in [5.41, 5.74) is 2.70. The van der Waals surface area contributed by atoms with E-state index in [-0.39, 0.29) is 18.1 Å². The van der Waals surface area contributed by atoms with Gasteiger partial charge in [0.05, 0.1) is 30.6 Å². The predicted molar refractivity (Wildman–Crippen MR) is 107 cm³/mol. The molecule has 0 spiro atoms. The van der Waals surface area contributed by atoms with Gasteiger partial charge in [-0.25, -0.2) is 13.6 Å². The highest BCUT2D eigenvalue weighted by Gasteiger charge is 2.23. The zero-order chi connectivity index (χ0) is 21.0. The van der Waals surface area contributed by atoms with Gasteiger partial charge in [0.2, 0.25) is 0 Å². The Morgan fingerprint density at radius 2 is 1.86 bits per heavy atom. The Labute approximate surface area is 169 Å². The summed E-state index contributed by atoms with van der Waals surface area (Å²) in [7, 11) is 0. The number of carbonyl (C=O) groups is 1. The number of aromatic nitrogens is 1. The molecule has 0 aliphatic heterocycles. The molecular formula is C23H25F2NO3. The number of esters is 1. The van der Waals surface area contributed by atoms with Gasteiger partial charge in [-0.05, 0) is 55.7 Å². The molecule has 0 N–H and O–H groups in total. The smallest absolute Gasteiger partial charge is 0.338 e. The second-order valence-electron chi connectivity index (χ2n) is 6.92. The Morgan fingerprint density at radius 3 is 2.52 bits per heavy atom. The van der Waals surface area contributed by atoms with Gasteiger partial charge in [0.15, 0.2) is 0 Å². The van der Waals surface area contributed by atoms with Crippen LogP contribution in [0.4, 0.5) is 8.78 Å². The quantitative estimate of drug-likeness (QED) is 0.451. The molecule has 0 aliphatic carbocycles. The SMILES string of the molecule is CCCOC(=O)c1cc2cccn2c(C(CC)OCc2c(F)cccc2F)c1C. The average molecular weight is 401 g/mol. The van der Waals surface area contributed by atoms with Crippen molar-refractivity contribution >= 4 is 11.5 Å². The average Bonchev–Trinajstić information content (AvgIpc) is 3.17. The fourth-order valence-electron chi connectivity index (χ4n) is 3.43. The highest BCUT2D eigenvalue weighted by molar-refractivity contribution is 5.92. The standard InChI is InChI=1S/C23H25F2NO3/c1-4-12-28-23(27)17-13-16-8-7-11-26(16)22(15(17)3)21(5-2)29-14-18-19(24)9-6-10-20(18)25/h6-11,13,21H,4-5,12,14H2,1-3H3. The van der Waals surface area contributed by atoms with Crippen molar-refractivity contribution in [3.05, 3.63) is 76.6 Å². The third kappa shape index (κ3) is 4.32. The number of rotatable bonds is 8. The number of fused-ring (bicyclic) bond motifs is 1. The highest BCUT2D eigenvalue weighted by atomic mass is 19.1. The monoisotopic (exact) mass is 401 g/mol. The van der Waals surface area contributed by atoms with Gasteiger partial charge in [-0.15, -0.1) is 0 Å². The number of hydrogen-bond donors (Lipinski definition) is 0. The Balaban J connectivity index is 1.98. The maximum Gasteiger partial charge on any atom is 0.338 e. The lowest BCUT2D eigenvalue weighted by atomic mass is 10.0. The molecule has 3 aromatic rings. The summed E-state index contributed by atoms with van der Waals surface area (Å²) in [6.45, 7) is 5.85. The molecule has 0 bridgehead atoms. The molecular weight excluding hydrogens is 376 g/mol. The molecule has 6 heteroatoms. The van der Waals surface area contributed by atoms with Gasteiger partial charge in [0.25, 0.3) is 0 Å². The minimum absolute atomic E-state index is 0.106. The molecule has 0 aliphatic rings. The van der Waals surface area contributed by atoms with E-state index < -0.39 is 17.7 Å². The van der Waals surface area contributed by atoms with Crippen molar-refractivity contribution in [1.29, 1.82) is 0 Å². The van der Waals surface area contributed by atoms with E-state index in [0.717, 1.165) is 23.2 Å². The van der Waals surface area contributed by atoms with Gasteiger partial charge >= 0.3 is 5.97 Å². The first-order valence-electron chi connectivity index (χ1n) is 9.80. The van der Waals surface area contributed by atoms with E-state index in [2.05, 4.69) is 0 Å². The van der Waals surface area contributed by atoms with E-state index in [1.54, 1.807) is 6.07 Å².